The van der Waals surface area contributed by atoms with Crippen LogP contribution in [0.1, 0.15) is 15.2 Å². The van der Waals surface area contributed by atoms with Gasteiger partial charge >= 0.3 is 0 Å². The van der Waals surface area contributed by atoms with E-state index in [4.69, 9.17) is 0 Å². The second kappa shape index (κ2) is 2.41. The fourth-order valence-electron chi connectivity index (χ4n) is 0.416. The molecule has 0 aliphatic heterocycles. The van der Waals surface area contributed by atoms with E-state index in [0.29, 0.717) is 10.4 Å². The Labute approximate surface area is 59.2 Å². The highest BCUT2D eigenvalue weighted by Gasteiger charge is 2.02. The van der Waals surface area contributed by atoms with Gasteiger partial charge in [-0.25, -0.2) is 0 Å². The zero-order valence-electron chi connectivity index (χ0n) is 4.71. The van der Waals surface area contributed by atoms with Crippen LogP contribution in [0, 0.1) is 6.92 Å². The Bertz CT molecular complexity index is 271. The number of rotatable bonds is 1. The molecular weight excluding hydrogens is 156 g/mol. The van der Waals surface area contributed by atoms with Crippen LogP contribution in [-0.4, -0.2) is 6.29 Å². The summed E-state index contributed by atoms with van der Waals surface area (Å²) in [4.78, 5) is 21.3. The summed E-state index contributed by atoms with van der Waals surface area (Å²) in [6, 6.07) is 0. The van der Waals surface area contributed by atoms with Gasteiger partial charge in [-0.3, -0.25) is 9.59 Å². The van der Waals surface area contributed by atoms with E-state index in [1.165, 1.54) is 10.3 Å². The molecule has 4 heteroatoms. The van der Waals surface area contributed by atoms with E-state index in [1.807, 2.05) is 0 Å². The van der Waals surface area contributed by atoms with Crippen LogP contribution < -0.4 is 4.74 Å². The smallest absolute Gasteiger partial charge is 0.246 e. The monoisotopic (exact) mass is 160 g/mol. The molecule has 2 nitrogen and oxygen atoms in total. The van der Waals surface area contributed by atoms with E-state index >= 15 is 0 Å². The first kappa shape index (κ1) is 6.64. The highest BCUT2D eigenvalue weighted by Crippen LogP contribution is 2.11. The van der Waals surface area contributed by atoms with Crippen LogP contribution in [0.5, 0.6) is 0 Å². The van der Waals surface area contributed by atoms with Crippen molar-refractivity contribution < 1.29 is 4.79 Å². The topological polar surface area (TPSA) is 34.1 Å². The normalized spacial score (nSPS) is 9.44. The Balaban J connectivity index is 3.35. The number of hydrogen-bond donors (Lipinski definition) is 0. The molecule has 1 aromatic heterocycles. The summed E-state index contributed by atoms with van der Waals surface area (Å²) in [5.74, 6) is 0. The average Bonchev–Trinajstić information content (AvgIpc) is 2.15. The third-order valence-corrected chi connectivity index (χ3v) is 3.36. The lowest BCUT2D eigenvalue weighted by molar-refractivity contribution is 0.112. The van der Waals surface area contributed by atoms with E-state index in [0.717, 1.165) is 16.6 Å². The molecule has 1 aromatic rings. The molecule has 48 valence electrons. The van der Waals surface area contributed by atoms with Crippen molar-refractivity contribution in [3.05, 3.63) is 20.0 Å². The fourth-order valence-corrected chi connectivity index (χ4v) is 2.50. The minimum atomic E-state index is 0.00194. The van der Waals surface area contributed by atoms with Crippen molar-refractivity contribution in [1.82, 2.24) is 0 Å². The number of aldehydes is 1. The van der Waals surface area contributed by atoms with Crippen molar-refractivity contribution in [3.8, 4) is 0 Å². The van der Waals surface area contributed by atoms with Gasteiger partial charge in [0, 0.05) is 5.56 Å². The minimum absolute atomic E-state index is 0.00194. The number of carbonyl (C=O) groups excluding carboxylic acids is 1. The zero-order chi connectivity index (χ0) is 6.85. The van der Waals surface area contributed by atoms with Crippen LogP contribution in [0.4, 0.5) is 0 Å². The Morgan fingerprint density at radius 3 is 2.33 bits per heavy atom. The van der Waals surface area contributed by atoms with Gasteiger partial charge in [-0.1, -0.05) is 10.3 Å². The van der Waals surface area contributed by atoms with Crippen molar-refractivity contribution in [3.63, 3.8) is 0 Å². The van der Waals surface area contributed by atoms with Crippen molar-refractivity contribution in [1.29, 1.82) is 0 Å². The molecule has 0 bridgehead atoms. The average molecular weight is 160 g/mol. The van der Waals surface area contributed by atoms with Crippen molar-refractivity contribution in [2.24, 2.45) is 0 Å². The first-order valence-electron chi connectivity index (χ1n) is 2.30. The molecule has 0 radical (unpaired) electrons. The Hall–Kier alpha value is -0.480. The molecule has 0 N–H and O–H groups in total. The molecule has 0 aromatic carbocycles. The summed E-state index contributed by atoms with van der Waals surface area (Å²) in [6.07, 6.45) is 0.720. The second-order valence-electron chi connectivity index (χ2n) is 1.56. The highest BCUT2D eigenvalue weighted by molar-refractivity contribution is 7.69. The molecule has 1 rings (SSSR count). The summed E-state index contributed by atoms with van der Waals surface area (Å²) in [6.45, 7) is 1.67. The van der Waals surface area contributed by atoms with E-state index in [1.54, 1.807) is 6.92 Å². The summed E-state index contributed by atoms with van der Waals surface area (Å²) in [5.41, 5.74) is 0.583. The third kappa shape index (κ3) is 1.09. The van der Waals surface area contributed by atoms with Crippen LogP contribution in [0.2, 0.25) is 0 Å². The Morgan fingerprint density at radius 2 is 2.11 bits per heavy atom. The van der Waals surface area contributed by atoms with Gasteiger partial charge in [0.1, 0.15) is 0 Å². The van der Waals surface area contributed by atoms with E-state index in [-0.39, 0.29) is 4.74 Å². The lowest BCUT2D eigenvalue weighted by Crippen LogP contribution is -1.93. The summed E-state index contributed by atoms with van der Waals surface area (Å²) < 4.78 is 0.00194. The fraction of sp³-hybridized carbons (Fsp3) is 0.200. The van der Waals surface area contributed by atoms with Gasteiger partial charge in [0.2, 0.25) is 4.74 Å². The van der Waals surface area contributed by atoms with Crippen molar-refractivity contribution >= 4 is 27.0 Å². The number of carbonyl (C=O) groups is 1. The molecule has 0 unspecified atom stereocenters. The SMILES string of the molecule is Cc1c(C=O)ssc1=O. The summed E-state index contributed by atoms with van der Waals surface area (Å²) in [7, 11) is 2.35. The molecule has 0 atom stereocenters. The lowest BCUT2D eigenvalue weighted by Gasteiger charge is -1.76. The Morgan fingerprint density at radius 1 is 1.44 bits per heavy atom. The highest BCUT2D eigenvalue weighted by atomic mass is 32.9. The summed E-state index contributed by atoms with van der Waals surface area (Å²) in [5, 5.41) is 0. The number of hydrogen-bond acceptors (Lipinski definition) is 4. The predicted octanol–water partition coefficient (Wildman–Crippen LogP) is 1.29. The molecule has 0 aliphatic carbocycles. The van der Waals surface area contributed by atoms with Gasteiger partial charge in [-0.05, 0) is 17.3 Å². The van der Waals surface area contributed by atoms with Gasteiger partial charge in [-0.15, -0.1) is 0 Å². The largest absolute Gasteiger partial charge is 0.297 e. The first-order chi connectivity index (χ1) is 4.25. The van der Waals surface area contributed by atoms with Crippen molar-refractivity contribution in [2.45, 2.75) is 6.92 Å². The van der Waals surface area contributed by atoms with E-state index in [9.17, 15) is 9.59 Å². The van der Waals surface area contributed by atoms with Crippen LogP contribution in [0.3, 0.4) is 0 Å². The molecule has 1 heterocycles. The van der Waals surface area contributed by atoms with Crippen molar-refractivity contribution in [2.75, 3.05) is 0 Å². The lowest BCUT2D eigenvalue weighted by atomic mass is 10.3. The Kier molecular flexibility index (Phi) is 1.78. The van der Waals surface area contributed by atoms with Gasteiger partial charge in [0.05, 0.1) is 4.88 Å². The molecule has 0 saturated carbocycles. The van der Waals surface area contributed by atoms with Gasteiger partial charge < -0.3 is 0 Å². The molecule has 0 aliphatic rings. The van der Waals surface area contributed by atoms with Gasteiger partial charge in [-0.2, -0.15) is 0 Å². The quantitative estimate of drug-likeness (QED) is 0.458. The predicted molar refractivity (Wildman–Crippen MR) is 38.6 cm³/mol. The maximum atomic E-state index is 10.7. The van der Waals surface area contributed by atoms with Gasteiger partial charge in [0.15, 0.2) is 6.29 Å². The summed E-state index contributed by atoms with van der Waals surface area (Å²) >= 11 is 0. The van der Waals surface area contributed by atoms with E-state index < -0.39 is 0 Å². The maximum absolute atomic E-state index is 10.7. The third-order valence-electron chi connectivity index (χ3n) is 0.990. The first-order valence-corrected chi connectivity index (χ1v) is 4.45. The molecule has 9 heavy (non-hydrogen) atoms. The second-order valence-corrected chi connectivity index (χ2v) is 3.71. The van der Waals surface area contributed by atoms with Crippen LogP contribution in [-0.2, 0) is 0 Å². The standard InChI is InChI=1S/C5H4O2S2/c1-3-4(2-6)8-9-5(3)7/h2H,1H3. The molecule has 0 spiro atoms. The molecule has 0 saturated heterocycles. The molecule has 0 fully saturated rings. The van der Waals surface area contributed by atoms with Crippen LogP contribution >= 0.6 is 20.7 Å². The molecular formula is C5H4O2S2. The van der Waals surface area contributed by atoms with Crippen LogP contribution in [0.25, 0.3) is 0 Å². The van der Waals surface area contributed by atoms with Gasteiger partial charge in [0.25, 0.3) is 0 Å². The molecule has 0 amide bonds. The van der Waals surface area contributed by atoms with E-state index in [2.05, 4.69) is 0 Å². The maximum Gasteiger partial charge on any atom is 0.246 e. The zero-order valence-corrected chi connectivity index (χ0v) is 6.34. The minimum Gasteiger partial charge on any atom is -0.297 e. The van der Waals surface area contributed by atoms with Crippen LogP contribution in [0.15, 0.2) is 4.79 Å².